The molecule has 2 aliphatic rings. The lowest BCUT2D eigenvalue weighted by Crippen LogP contribution is -2.62. The first kappa shape index (κ1) is 30.8. The Morgan fingerprint density at radius 2 is 1.60 bits per heavy atom. The van der Waals surface area contributed by atoms with E-state index in [4.69, 9.17) is 32.8 Å². The zero-order valence-corrected chi connectivity index (χ0v) is 23.2. The number of rotatable bonds is 7. The molecule has 9 atom stereocenters. The molecule has 0 spiro atoms. The minimum absolute atomic E-state index is 0.0339. The van der Waals surface area contributed by atoms with Crippen molar-refractivity contribution >= 4 is 11.0 Å². The van der Waals surface area contributed by atoms with Gasteiger partial charge in [0, 0.05) is 17.7 Å². The maximum Gasteiger partial charge on any atom is 0.239 e. The molecular weight excluding hydrogens is 576 g/mol. The molecule has 0 bridgehead atoms. The molecule has 0 saturated carbocycles. The molecule has 0 amide bonds. The number of hydrogen-bond acceptors (Lipinski definition) is 15. The lowest BCUT2D eigenvalue weighted by Gasteiger charge is -2.43. The van der Waals surface area contributed by atoms with Crippen LogP contribution < -0.4 is 19.6 Å². The van der Waals surface area contributed by atoms with Crippen molar-refractivity contribution in [3.63, 3.8) is 0 Å². The molecule has 15 heteroatoms. The molecule has 1 aromatic heterocycles. The summed E-state index contributed by atoms with van der Waals surface area (Å²) >= 11 is 0. The lowest BCUT2D eigenvalue weighted by molar-refractivity contribution is -0.344. The highest BCUT2D eigenvalue weighted by Crippen LogP contribution is 2.40. The van der Waals surface area contributed by atoms with Crippen LogP contribution in [0, 0.1) is 0 Å². The molecule has 15 nitrogen and oxygen atoms in total. The number of benzene rings is 2. The molecule has 43 heavy (non-hydrogen) atoms. The van der Waals surface area contributed by atoms with Gasteiger partial charge in [-0.2, -0.15) is 0 Å². The van der Waals surface area contributed by atoms with E-state index >= 15 is 0 Å². The van der Waals surface area contributed by atoms with E-state index < -0.39 is 78.8 Å². The predicted octanol–water partition coefficient (Wildman–Crippen LogP) is -0.442. The largest absolute Gasteiger partial charge is 0.507 e. The average molecular weight is 609 g/mol. The second-order valence-electron chi connectivity index (χ2n) is 10.2. The Kier molecular flexibility index (Phi) is 8.69. The van der Waals surface area contributed by atoms with Crippen LogP contribution in [0.25, 0.3) is 22.3 Å². The van der Waals surface area contributed by atoms with E-state index in [0.29, 0.717) is 0 Å². The summed E-state index contributed by atoms with van der Waals surface area (Å²) in [5.41, 5.74) is -0.756. The predicted molar refractivity (Wildman–Crippen MR) is 144 cm³/mol. The monoisotopic (exact) mass is 608 g/mol. The van der Waals surface area contributed by atoms with Crippen LogP contribution in [0.3, 0.4) is 0 Å². The number of aromatic hydroxyl groups is 2. The Balaban J connectivity index is 1.60. The highest BCUT2D eigenvalue weighted by molar-refractivity contribution is 5.88. The number of phenolic OH excluding ortho intramolecular Hbond substituents is 2. The molecule has 2 aromatic carbocycles. The van der Waals surface area contributed by atoms with Crippen molar-refractivity contribution in [2.24, 2.45) is 0 Å². The summed E-state index contributed by atoms with van der Waals surface area (Å²) in [6, 6.07) is 6.62. The minimum Gasteiger partial charge on any atom is -0.507 e. The summed E-state index contributed by atoms with van der Waals surface area (Å²) < 4.78 is 39.1. The first-order chi connectivity index (χ1) is 20.4. The fourth-order valence-electron chi connectivity index (χ4n) is 4.90. The van der Waals surface area contributed by atoms with Gasteiger partial charge >= 0.3 is 0 Å². The molecule has 7 N–H and O–H groups in total. The SMILES string of the molecule is COc1cc(O)c2c(=O)c(O[C@@H]3OC[C@H](O)[C@H](O)[C@H]3O[C@@H]3O[C@@H](C)[C@H](O)[C@@H](O)[C@H]3O)c(-c3ccc(O)c(OC)c3)oc2c1. The molecule has 2 aliphatic heterocycles. The van der Waals surface area contributed by atoms with Crippen molar-refractivity contribution in [1.82, 2.24) is 0 Å². The van der Waals surface area contributed by atoms with E-state index in [1.54, 1.807) is 0 Å². The van der Waals surface area contributed by atoms with Gasteiger partial charge < -0.3 is 68.6 Å². The number of aliphatic hydroxyl groups is 5. The first-order valence-corrected chi connectivity index (χ1v) is 13.2. The van der Waals surface area contributed by atoms with Crippen LogP contribution >= 0.6 is 0 Å². The summed E-state index contributed by atoms with van der Waals surface area (Å²) in [5, 5.41) is 72.3. The third kappa shape index (κ3) is 5.69. The molecule has 234 valence electrons. The van der Waals surface area contributed by atoms with Gasteiger partial charge in [0.1, 0.15) is 53.0 Å². The van der Waals surface area contributed by atoms with Crippen LogP contribution in [-0.2, 0) is 14.2 Å². The van der Waals surface area contributed by atoms with Crippen molar-refractivity contribution < 1.29 is 68.6 Å². The third-order valence-electron chi connectivity index (χ3n) is 7.35. The quantitative estimate of drug-likeness (QED) is 0.180. The van der Waals surface area contributed by atoms with Gasteiger partial charge in [-0.15, -0.1) is 0 Å². The van der Waals surface area contributed by atoms with Crippen LogP contribution in [0.1, 0.15) is 6.92 Å². The minimum atomic E-state index is -1.77. The Labute approximate surface area is 243 Å². The number of hydrogen-bond donors (Lipinski definition) is 7. The Hall–Kier alpha value is -3.67. The summed E-state index contributed by atoms with van der Waals surface area (Å²) in [6.45, 7) is 0.966. The zero-order valence-electron chi connectivity index (χ0n) is 23.2. The molecule has 3 aromatic rings. The van der Waals surface area contributed by atoms with Gasteiger partial charge in [-0.1, -0.05) is 0 Å². The van der Waals surface area contributed by atoms with Gasteiger partial charge in [0.15, 0.2) is 29.7 Å². The van der Waals surface area contributed by atoms with E-state index in [1.165, 1.54) is 51.5 Å². The maximum atomic E-state index is 13.9. The zero-order chi connectivity index (χ0) is 31.2. The van der Waals surface area contributed by atoms with Crippen LogP contribution in [-0.4, -0.2) is 112 Å². The van der Waals surface area contributed by atoms with Crippen molar-refractivity contribution in [2.45, 2.75) is 62.2 Å². The Bertz CT molecular complexity index is 1520. The smallest absolute Gasteiger partial charge is 0.239 e. The van der Waals surface area contributed by atoms with Gasteiger partial charge in [-0.25, -0.2) is 0 Å². The number of ether oxygens (including phenoxy) is 6. The van der Waals surface area contributed by atoms with E-state index in [2.05, 4.69) is 0 Å². The molecule has 0 unspecified atom stereocenters. The number of phenols is 2. The number of methoxy groups -OCH3 is 2. The van der Waals surface area contributed by atoms with Gasteiger partial charge in [0.25, 0.3) is 0 Å². The summed E-state index contributed by atoms with van der Waals surface area (Å²) in [6.07, 6.45) is -13.9. The van der Waals surface area contributed by atoms with E-state index in [-0.39, 0.29) is 39.5 Å². The van der Waals surface area contributed by atoms with Crippen LogP contribution in [0.4, 0.5) is 0 Å². The molecule has 2 fully saturated rings. The highest BCUT2D eigenvalue weighted by Gasteiger charge is 2.48. The fraction of sp³-hybridized carbons (Fsp3) is 0.464. The highest BCUT2D eigenvalue weighted by atomic mass is 16.8. The summed E-state index contributed by atoms with van der Waals surface area (Å²) in [5.74, 6) is -1.19. The molecule has 0 radical (unpaired) electrons. The standard InChI is InChI=1S/C28H32O15/c1-10-19(32)22(35)23(36)27(40-10)43-26-20(33)15(31)9-39-28(26)42-25-21(34)18-14(30)7-12(37-2)8-17(18)41-24(25)11-4-5-13(29)16(6-11)38-3/h4-8,10,15,19-20,22-23,26-33,35-36H,9H2,1-3H3/t10-,15-,19-,20-,22+,23+,26+,27-,28-/m0/s1. The van der Waals surface area contributed by atoms with Crippen molar-refractivity contribution in [2.75, 3.05) is 20.8 Å². The second-order valence-corrected chi connectivity index (χ2v) is 10.2. The van der Waals surface area contributed by atoms with Gasteiger partial charge in [-0.05, 0) is 25.1 Å². The van der Waals surface area contributed by atoms with E-state index in [0.717, 1.165) is 0 Å². The molecule has 5 rings (SSSR count). The summed E-state index contributed by atoms with van der Waals surface area (Å²) in [7, 11) is 2.68. The topological polar surface area (TPSA) is 227 Å². The molecular formula is C28H32O15. The van der Waals surface area contributed by atoms with Crippen molar-refractivity contribution in [3.05, 3.63) is 40.6 Å². The lowest BCUT2D eigenvalue weighted by atomic mass is 9.99. The van der Waals surface area contributed by atoms with Gasteiger partial charge in [0.05, 0.1) is 26.9 Å². The van der Waals surface area contributed by atoms with Crippen LogP contribution in [0.2, 0.25) is 0 Å². The second kappa shape index (κ2) is 12.1. The van der Waals surface area contributed by atoms with Gasteiger partial charge in [0.2, 0.25) is 17.5 Å². The van der Waals surface area contributed by atoms with Crippen molar-refractivity contribution in [1.29, 1.82) is 0 Å². The normalized spacial score (nSPS) is 31.1. The molecule has 3 heterocycles. The third-order valence-corrected chi connectivity index (χ3v) is 7.35. The number of aliphatic hydroxyl groups excluding tert-OH is 5. The Morgan fingerprint density at radius 1 is 0.860 bits per heavy atom. The molecule has 0 aliphatic carbocycles. The Morgan fingerprint density at radius 3 is 2.30 bits per heavy atom. The van der Waals surface area contributed by atoms with E-state index in [1.807, 2.05) is 0 Å². The maximum absolute atomic E-state index is 13.9. The van der Waals surface area contributed by atoms with Crippen molar-refractivity contribution in [3.8, 4) is 40.1 Å². The summed E-state index contributed by atoms with van der Waals surface area (Å²) in [4.78, 5) is 13.9. The fourth-order valence-corrected chi connectivity index (χ4v) is 4.90. The average Bonchev–Trinajstić information content (AvgIpc) is 2.99. The first-order valence-electron chi connectivity index (χ1n) is 13.2. The van der Waals surface area contributed by atoms with Crippen LogP contribution in [0.15, 0.2) is 39.5 Å². The van der Waals surface area contributed by atoms with Gasteiger partial charge in [-0.3, -0.25) is 4.79 Å². The van der Waals surface area contributed by atoms with E-state index in [9.17, 15) is 40.5 Å². The number of fused-ring (bicyclic) bond motifs is 1. The molecule has 2 saturated heterocycles. The van der Waals surface area contributed by atoms with Crippen LogP contribution in [0.5, 0.6) is 28.7 Å².